The van der Waals surface area contributed by atoms with Crippen LogP contribution in [0.1, 0.15) is 48.9 Å². The maximum absolute atomic E-state index is 11.0. The lowest BCUT2D eigenvalue weighted by molar-refractivity contribution is -0.384. The smallest absolute Gasteiger partial charge is 0.269 e. The molecule has 0 fully saturated rings. The highest BCUT2D eigenvalue weighted by Crippen LogP contribution is 2.34. The molecule has 0 aliphatic heterocycles. The molecule has 9 heteroatoms. The van der Waals surface area contributed by atoms with Gasteiger partial charge in [0.05, 0.1) is 4.92 Å². The Hall–Kier alpha value is -3.07. The standard InChI is InChI=1S/C20H23N5O3S/c1-13(2)15-7-9-18(10-8-15)28-12-19-22-23-20(24(19)21)29-14(3)16-5-4-6-17(11-16)25(26)27/h4-11,13-14H,12,21H2,1-3H3. The van der Waals surface area contributed by atoms with Crippen LogP contribution in [0.25, 0.3) is 0 Å². The van der Waals surface area contributed by atoms with Crippen molar-refractivity contribution >= 4 is 17.4 Å². The van der Waals surface area contributed by atoms with E-state index >= 15 is 0 Å². The molecule has 8 nitrogen and oxygen atoms in total. The van der Waals surface area contributed by atoms with Crippen LogP contribution in [0.15, 0.2) is 53.7 Å². The number of nitro groups is 1. The number of nitrogens with zero attached hydrogens (tertiary/aromatic N) is 4. The first-order chi connectivity index (χ1) is 13.8. The third kappa shape index (κ3) is 5.05. The SMILES string of the molecule is CC(C)c1ccc(OCc2nnc(SC(C)c3cccc([N+](=O)[O-])c3)n2N)cc1. The van der Waals surface area contributed by atoms with Crippen LogP contribution in [0.4, 0.5) is 5.69 Å². The summed E-state index contributed by atoms with van der Waals surface area (Å²) in [7, 11) is 0. The molecule has 0 spiro atoms. The van der Waals surface area contributed by atoms with Gasteiger partial charge in [0, 0.05) is 17.4 Å². The van der Waals surface area contributed by atoms with Crippen LogP contribution in [0.5, 0.6) is 5.75 Å². The molecule has 152 valence electrons. The topological polar surface area (TPSA) is 109 Å². The van der Waals surface area contributed by atoms with E-state index in [-0.39, 0.29) is 17.5 Å². The molecule has 1 aromatic heterocycles. The summed E-state index contributed by atoms with van der Waals surface area (Å²) in [5.74, 6) is 7.81. The normalized spacial score (nSPS) is 12.1. The first kappa shape index (κ1) is 20.7. The average molecular weight is 414 g/mol. The van der Waals surface area contributed by atoms with E-state index < -0.39 is 4.92 Å². The van der Waals surface area contributed by atoms with Crippen LogP contribution in [0.3, 0.4) is 0 Å². The van der Waals surface area contributed by atoms with Gasteiger partial charge in [0.15, 0.2) is 5.82 Å². The van der Waals surface area contributed by atoms with Crippen molar-refractivity contribution in [1.29, 1.82) is 0 Å². The molecule has 3 aromatic rings. The number of nitro benzene ring substituents is 1. The van der Waals surface area contributed by atoms with Crippen molar-refractivity contribution in [2.75, 3.05) is 5.84 Å². The highest BCUT2D eigenvalue weighted by molar-refractivity contribution is 7.99. The first-order valence-electron chi connectivity index (χ1n) is 9.18. The minimum absolute atomic E-state index is 0.0572. The highest BCUT2D eigenvalue weighted by Gasteiger charge is 2.17. The van der Waals surface area contributed by atoms with E-state index in [2.05, 4.69) is 24.0 Å². The fourth-order valence-corrected chi connectivity index (χ4v) is 3.61. The van der Waals surface area contributed by atoms with Gasteiger partial charge in [-0.1, -0.05) is 49.9 Å². The molecule has 1 heterocycles. The Kier molecular flexibility index (Phi) is 6.38. The lowest BCUT2D eigenvalue weighted by Gasteiger charge is -2.11. The maximum atomic E-state index is 11.0. The van der Waals surface area contributed by atoms with Crippen molar-refractivity contribution in [3.63, 3.8) is 0 Å². The fourth-order valence-electron chi connectivity index (χ4n) is 2.70. The number of nitrogen functional groups attached to an aromatic ring is 1. The number of hydrogen-bond acceptors (Lipinski definition) is 7. The van der Waals surface area contributed by atoms with Gasteiger partial charge in [-0.05, 0) is 36.1 Å². The van der Waals surface area contributed by atoms with Crippen LogP contribution in [0, 0.1) is 10.1 Å². The highest BCUT2D eigenvalue weighted by atomic mass is 32.2. The molecule has 0 aliphatic rings. The Morgan fingerprint density at radius 1 is 1.14 bits per heavy atom. The number of non-ortho nitro benzene ring substituents is 1. The zero-order chi connectivity index (χ0) is 21.0. The Bertz CT molecular complexity index is 988. The number of rotatable bonds is 8. The number of ether oxygens (including phenoxy) is 1. The summed E-state index contributed by atoms with van der Waals surface area (Å²) in [5, 5.41) is 19.6. The minimum atomic E-state index is -0.407. The maximum Gasteiger partial charge on any atom is 0.269 e. The Morgan fingerprint density at radius 2 is 1.86 bits per heavy atom. The molecular weight excluding hydrogens is 390 g/mol. The summed E-state index contributed by atoms with van der Waals surface area (Å²) in [6.07, 6.45) is 0. The third-order valence-electron chi connectivity index (χ3n) is 4.48. The van der Waals surface area contributed by atoms with E-state index in [0.29, 0.717) is 16.9 Å². The summed E-state index contributed by atoms with van der Waals surface area (Å²) >= 11 is 1.38. The van der Waals surface area contributed by atoms with E-state index in [0.717, 1.165) is 11.3 Å². The van der Waals surface area contributed by atoms with Gasteiger partial charge in [-0.2, -0.15) is 0 Å². The molecule has 0 radical (unpaired) electrons. The van der Waals surface area contributed by atoms with Crippen LogP contribution >= 0.6 is 11.8 Å². The number of nitrogens with two attached hydrogens (primary N) is 1. The summed E-state index contributed by atoms with van der Waals surface area (Å²) in [6, 6.07) is 14.5. The van der Waals surface area contributed by atoms with Crippen molar-refractivity contribution in [3.05, 3.63) is 75.6 Å². The molecule has 2 aromatic carbocycles. The molecule has 0 aliphatic carbocycles. The number of thioether (sulfide) groups is 1. The average Bonchev–Trinajstić information content (AvgIpc) is 3.06. The summed E-state index contributed by atoms with van der Waals surface area (Å²) in [6.45, 7) is 6.41. The number of hydrogen-bond donors (Lipinski definition) is 1. The quantitative estimate of drug-likeness (QED) is 0.251. The van der Waals surface area contributed by atoms with Crippen molar-refractivity contribution < 1.29 is 9.66 Å². The van der Waals surface area contributed by atoms with Crippen molar-refractivity contribution in [1.82, 2.24) is 14.9 Å². The van der Waals surface area contributed by atoms with Gasteiger partial charge in [-0.15, -0.1) is 10.2 Å². The Labute approximate surface area is 173 Å². The van der Waals surface area contributed by atoms with E-state index in [9.17, 15) is 10.1 Å². The van der Waals surface area contributed by atoms with Crippen molar-refractivity contribution in [2.45, 2.75) is 43.7 Å². The van der Waals surface area contributed by atoms with Crippen molar-refractivity contribution in [3.8, 4) is 5.75 Å². The molecule has 2 N–H and O–H groups in total. The number of aromatic nitrogens is 3. The van der Waals surface area contributed by atoms with Gasteiger partial charge >= 0.3 is 0 Å². The second kappa shape index (κ2) is 8.95. The predicted octanol–water partition coefficient (Wildman–Crippen LogP) is 4.46. The molecule has 0 bridgehead atoms. The van der Waals surface area contributed by atoms with Crippen LogP contribution < -0.4 is 10.6 Å². The van der Waals surface area contributed by atoms with Gasteiger partial charge in [0.25, 0.3) is 5.69 Å². The zero-order valence-electron chi connectivity index (χ0n) is 16.5. The third-order valence-corrected chi connectivity index (χ3v) is 5.60. The van der Waals surface area contributed by atoms with E-state index in [1.54, 1.807) is 12.1 Å². The molecule has 29 heavy (non-hydrogen) atoms. The minimum Gasteiger partial charge on any atom is -0.486 e. The van der Waals surface area contributed by atoms with Crippen LogP contribution in [-0.2, 0) is 6.61 Å². The largest absolute Gasteiger partial charge is 0.486 e. The van der Waals surface area contributed by atoms with Gasteiger partial charge in [0.2, 0.25) is 5.16 Å². The Morgan fingerprint density at radius 3 is 2.52 bits per heavy atom. The lowest BCUT2D eigenvalue weighted by atomic mass is 10.0. The second-order valence-electron chi connectivity index (χ2n) is 6.89. The molecule has 1 unspecified atom stereocenters. The second-order valence-corrected chi connectivity index (χ2v) is 8.20. The monoisotopic (exact) mass is 413 g/mol. The summed E-state index contributed by atoms with van der Waals surface area (Å²) < 4.78 is 7.15. The summed E-state index contributed by atoms with van der Waals surface area (Å²) in [4.78, 5) is 10.6. The molecule has 3 rings (SSSR count). The predicted molar refractivity (Wildman–Crippen MR) is 112 cm³/mol. The Balaban J connectivity index is 1.64. The molecular formula is C20H23N5O3S. The number of benzene rings is 2. The van der Waals surface area contributed by atoms with E-state index in [1.807, 2.05) is 37.3 Å². The van der Waals surface area contributed by atoms with Gasteiger partial charge < -0.3 is 10.6 Å². The van der Waals surface area contributed by atoms with Gasteiger partial charge in [0.1, 0.15) is 12.4 Å². The summed E-state index contributed by atoms with van der Waals surface area (Å²) in [5.41, 5.74) is 2.12. The lowest BCUT2D eigenvalue weighted by Crippen LogP contribution is -2.16. The van der Waals surface area contributed by atoms with E-state index in [4.69, 9.17) is 10.6 Å². The first-order valence-corrected chi connectivity index (χ1v) is 10.1. The molecule has 0 saturated carbocycles. The van der Waals surface area contributed by atoms with Gasteiger partial charge in [-0.25, -0.2) is 4.68 Å². The fraction of sp³-hybridized carbons (Fsp3) is 0.300. The van der Waals surface area contributed by atoms with Crippen LogP contribution in [-0.4, -0.2) is 19.8 Å². The van der Waals surface area contributed by atoms with E-state index in [1.165, 1.54) is 28.1 Å². The van der Waals surface area contributed by atoms with Gasteiger partial charge in [-0.3, -0.25) is 10.1 Å². The van der Waals surface area contributed by atoms with Crippen molar-refractivity contribution in [2.24, 2.45) is 0 Å². The van der Waals surface area contributed by atoms with Crippen LogP contribution in [0.2, 0.25) is 0 Å². The zero-order valence-corrected chi connectivity index (χ0v) is 17.3. The molecule has 1 atom stereocenters. The molecule has 0 amide bonds. The molecule has 0 saturated heterocycles.